The van der Waals surface area contributed by atoms with E-state index in [1.165, 1.54) is 18.2 Å². The number of anilines is 1. The topological polar surface area (TPSA) is 109 Å². The predicted octanol–water partition coefficient (Wildman–Crippen LogP) is 3.41. The molecule has 0 spiro atoms. The first-order valence-corrected chi connectivity index (χ1v) is 9.01. The molecular formula is C20H18N4O5. The van der Waals surface area contributed by atoms with Crippen LogP contribution in [0.15, 0.2) is 48.7 Å². The molecule has 0 radical (unpaired) electrons. The second-order valence-corrected chi connectivity index (χ2v) is 6.54. The summed E-state index contributed by atoms with van der Waals surface area (Å²) in [5, 5.41) is 18.1. The van der Waals surface area contributed by atoms with Crippen molar-refractivity contribution < 1.29 is 19.2 Å². The lowest BCUT2D eigenvalue weighted by Crippen LogP contribution is -2.12. The Bertz CT molecular complexity index is 1090. The Balaban J connectivity index is 1.65. The molecule has 1 aromatic heterocycles. The number of amides is 1. The molecule has 1 aliphatic rings. The van der Waals surface area contributed by atoms with Crippen molar-refractivity contribution in [3.63, 3.8) is 0 Å². The van der Waals surface area contributed by atoms with Crippen LogP contribution in [-0.4, -0.2) is 33.8 Å². The summed E-state index contributed by atoms with van der Waals surface area (Å²) in [5.74, 6) is 0.848. The molecule has 0 atom stereocenters. The Morgan fingerprint density at radius 2 is 1.97 bits per heavy atom. The van der Waals surface area contributed by atoms with Crippen LogP contribution < -0.4 is 14.8 Å². The standard InChI is InChI=1S/C20H18N4O5/c1-23-12-16(20(25)21-14-4-2-5-15(11-14)24(26)27)19(22-23)13-6-7-17-18(10-13)29-9-3-8-28-17/h2,4-7,10-12H,3,8-9H2,1H3,(H,21,25). The van der Waals surface area contributed by atoms with Crippen LogP contribution >= 0.6 is 0 Å². The molecule has 1 amide bonds. The number of nitrogens with zero attached hydrogens (tertiary/aromatic N) is 3. The minimum absolute atomic E-state index is 0.0999. The molecule has 4 rings (SSSR count). The number of nitro benzene ring substituents is 1. The third-order valence-electron chi connectivity index (χ3n) is 4.41. The Morgan fingerprint density at radius 1 is 1.17 bits per heavy atom. The number of nitro groups is 1. The van der Waals surface area contributed by atoms with Gasteiger partial charge in [0.05, 0.1) is 23.7 Å². The number of aromatic nitrogens is 2. The number of hydrogen-bond donors (Lipinski definition) is 1. The minimum atomic E-state index is -0.511. The summed E-state index contributed by atoms with van der Waals surface area (Å²) >= 11 is 0. The molecule has 0 saturated carbocycles. The van der Waals surface area contributed by atoms with E-state index in [1.54, 1.807) is 36.1 Å². The number of ether oxygens (including phenoxy) is 2. The van der Waals surface area contributed by atoms with Crippen LogP contribution in [0, 0.1) is 10.1 Å². The van der Waals surface area contributed by atoms with Crippen molar-refractivity contribution in [2.24, 2.45) is 7.05 Å². The molecule has 148 valence electrons. The molecule has 2 heterocycles. The van der Waals surface area contributed by atoms with Crippen molar-refractivity contribution in [2.75, 3.05) is 18.5 Å². The fraction of sp³-hybridized carbons (Fsp3) is 0.200. The van der Waals surface area contributed by atoms with E-state index in [0.717, 1.165) is 6.42 Å². The maximum absolute atomic E-state index is 12.9. The highest BCUT2D eigenvalue weighted by molar-refractivity contribution is 6.08. The van der Waals surface area contributed by atoms with Gasteiger partial charge in [-0.15, -0.1) is 0 Å². The molecule has 29 heavy (non-hydrogen) atoms. The third-order valence-corrected chi connectivity index (χ3v) is 4.41. The summed E-state index contributed by atoms with van der Waals surface area (Å²) in [6.45, 7) is 1.14. The normalized spacial score (nSPS) is 12.9. The molecule has 0 saturated heterocycles. The van der Waals surface area contributed by atoms with E-state index in [4.69, 9.17) is 9.47 Å². The highest BCUT2D eigenvalue weighted by atomic mass is 16.6. The smallest absolute Gasteiger partial charge is 0.271 e. The zero-order valence-corrected chi connectivity index (χ0v) is 15.6. The number of benzene rings is 2. The summed E-state index contributed by atoms with van der Waals surface area (Å²) in [4.78, 5) is 23.3. The Kier molecular flexibility index (Phi) is 4.86. The van der Waals surface area contributed by atoms with E-state index in [0.29, 0.717) is 47.2 Å². The van der Waals surface area contributed by atoms with Crippen molar-refractivity contribution >= 4 is 17.3 Å². The van der Waals surface area contributed by atoms with Crippen LogP contribution in [0.25, 0.3) is 11.3 Å². The summed E-state index contributed by atoms with van der Waals surface area (Å²) in [5.41, 5.74) is 1.76. The van der Waals surface area contributed by atoms with Crippen molar-refractivity contribution in [1.82, 2.24) is 9.78 Å². The van der Waals surface area contributed by atoms with Crippen LogP contribution in [0.1, 0.15) is 16.8 Å². The van der Waals surface area contributed by atoms with Crippen LogP contribution in [0.2, 0.25) is 0 Å². The maximum Gasteiger partial charge on any atom is 0.271 e. The van der Waals surface area contributed by atoms with Crippen molar-refractivity contribution in [3.8, 4) is 22.8 Å². The van der Waals surface area contributed by atoms with Gasteiger partial charge in [-0.1, -0.05) is 6.07 Å². The minimum Gasteiger partial charge on any atom is -0.490 e. The first-order chi connectivity index (χ1) is 14.0. The molecule has 0 aliphatic carbocycles. The van der Waals surface area contributed by atoms with Gasteiger partial charge >= 0.3 is 0 Å². The number of carbonyl (C=O) groups excluding carboxylic acids is 1. The molecule has 9 heteroatoms. The molecule has 0 fully saturated rings. The van der Waals surface area contributed by atoms with Gasteiger partial charge in [-0.3, -0.25) is 19.6 Å². The lowest BCUT2D eigenvalue weighted by molar-refractivity contribution is -0.384. The quantitative estimate of drug-likeness (QED) is 0.537. The summed E-state index contributed by atoms with van der Waals surface area (Å²) in [7, 11) is 1.72. The fourth-order valence-corrected chi connectivity index (χ4v) is 3.07. The first kappa shape index (κ1) is 18.5. The zero-order chi connectivity index (χ0) is 20.4. The lowest BCUT2D eigenvalue weighted by Gasteiger charge is -2.09. The second kappa shape index (κ2) is 7.63. The summed E-state index contributed by atoms with van der Waals surface area (Å²) in [6.07, 6.45) is 2.40. The van der Waals surface area contributed by atoms with Gasteiger partial charge in [-0.05, 0) is 24.3 Å². The molecule has 0 unspecified atom stereocenters. The van der Waals surface area contributed by atoms with Gasteiger partial charge in [0.25, 0.3) is 11.6 Å². The van der Waals surface area contributed by atoms with Gasteiger partial charge in [-0.2, -0.15) is 5.10 Å². The number of fused-ring (bicyclic) bond motifs is 1. The van der Waals surface area contributed by atoms with E-state index in [1.807, 2.05) is 6.07 Å². The van der Waals surface area contributed by atoms with Gasteiger partial charge in [0.15, 0.2) is 11.5 Å². The summed E-state index contributed by atoms with van der Waals surface area (Å²) < 4.78 is 12.9. The lowest BCUT2D eigenvalue weighted by atomic mass is 10.1. The molecule has 3 aromatic rings. The van der Waals surface area contributed by atoms with Crippen LogP contribution in [-0.2, 0) is 7.05 Å². The molecule has 2 aromatic carbocycles. The van der Waals surface area contributed by atoms with Crippen molar-refractivity contribution in [2.45, 2.75) is 6.42 Å². The zero-order valence-electron chi connectivity index (χ0n) is 15.6. The van der Waals surface area contributed by atoms with Crippen LogP contribution in [0.3, 0.4) is 0 Å². The molecule has 1 aliphatic heterocycles. The Labute approximate surface area is 166 Å². The molecule has 9 nitrogen and oxygen atoms in total. The van der Waals surface area contributed by atoms with Gasteiger partial charge < -0.3 is 14.8 Å². The average molecular weight is 394 g/mol. The molecular weight excluding hydrogens is 376 g/mol. The van der Waals surface area contributed by atoms with E-state index >= 15 is 0 Å². The Hall–Kier alpha value is -3.88. The number of carbonyl (C=O) groups is 1. The van der Waals surface area contributed by atoms with Crippen LogP contribution in [0.5, 0.6) is 11.5 Å². The van der Waals surface area contributed by atoms with Gasteiger partial charge in [0.1, 0.15) is 5.69 Å². The Morgan fingerprint density at radius 3 is 2.76 bits per heavy atom. The van der Waals surface area contributed by atoms with E-state index in [-0.39, 0.29) is 5.69 Å². The van der Waals surface area contributed by atoms with Crippen LogP contribution in [0.4, 0.5) is 11.4 Å². The monoisotopic (exact) mass is 394 g/mol. The number of aryl methyl sites for hydroxylation is 1. The highest BCUT2D eigenvalue weighted by Crippen LogP contribution is 2.35. The maximum atomic E-state index is 12.9. The predicted molar refractivity (Wildman–Crippen MR) is 105 cm³/mol. The first-order valence-electron chi connectivity index (χ1n) is 9.01. The van der Waals surface area contributed by atoms with E-state index < -0.39 is 10.8 Å². The van der Waals surface area contributed by atoms with Crippen molar-refractivity contribution in [3.05, 3.63) is 64.3 Å². The number of hydrogen-bond acceptors (Lipinski definition) is 6. The third kappa shape index (κ3) is 3.88. The fourth-order valence-electron chi connectivity index (χ4n) is 3.07. The number of non-ortho nitro benzene ring substituents is 1. The SMILES string of the molecule is Cn1cc(C(=O)Nc2cccc([N+](=O)[O-])c2)c(-c2ccc3c(c2)OCCCO3)n1. The van der Waals surface area contributed by atoms with E-state index in [9.17, 15) is 14.9 Å². The second-order valence-electron chi connectivity index (χ2n) is 6.54. The van der Waals surface area contributed by atoms with Gasteiger partial charge in [0.2, 0.25) is 0 Å². The molecule has 1 N–H and O–H groups in total. The largest absolute Gasteiger partial charge is 0.490 e. The van der Waals surface area contributed by atoms with Gasteiger partial charge in [0, 0.05) is 43.0 Å². The summed E-state index contributed by atoms with van der Waals surface area (Å²) in [6, 6.07) is 11.2. The number of nitrogens with one attached hydrogen (secondary N) is 1. The average Bonchev–Trinajstić information content (AvgIpc) is 2.95. The van der Waals surface area contributed by atoms with E-state index in [2.05, 4.69) is 10.4 Å². The van der Waals surface area contributed by atoms with Crippen molar-refractivity contribution in [1.29, 1.82) is 0 Å². The molecule has 0 bridgehead atoms. The highest BCUT2D eigenvalue weighted by Gasteiger charge is 2.20. The number of rotatable bonds is 4. The van der Waals surface area contributed by atoms with Gasteiger partial charge in [-0.25, -0.2) is 0 Å².